The third kappa shape index (κ3) is 3.37. The smallest absolute Gasteiger partial charge is 0.227 e. The molecule has 1 aliphatic carbocycles. The number of rotatable bonds is 7. The van der Waals surface area contributed by atoms with Crippen LogP contribution in [-0.4, -0.2) is 28.9 Å². The summed E-state index contributed by atoms with van der Waals surface area (Å²) in [4.78, 5) is 30.8. The number of hydrogen-bond donors (Lipinski definition) is 1. The van der Waals surface area contributed by atoms with Crippen LogP contribution in [0.3, 0.4) is 0 Å². The molecule has 1 atom stereocenters. The number of aromatic nitrogens is 1. The fraction of sp³-hybridized carbons (Fsp3) is 0.391. The van der Waals surface area contributed by atoms with E-state index in [0.717, 1.165) is 42.6 Å². The number of Topliss-reactive ketones (excluding diaryl/α,β-unsaturated/α-hetero) is 1. The molecule has 5 heteroatoms. The van der Waals surface area contributed by atoms with Gasteiger partial charge in [-0.05, 0) is 67.0 Å². The van der Waals surface area contributed by atoms with E-state index in [9.17, 15) is 9.59 Å². The van der Waals surface area contributed by atoms with Gasteiger partial charge in [-0.1, -0.05) is 19.1 Å². The van der Waals surface area contributed by atoms with E-state index in [2.05, 4.69) is 4.98 Å². The van der Waals surface area contributed by atoms with E-state index in [4.69, 9.17) is 5.41 Å². The Bertz CT molecular complexity index is 901. The Labute approximate surface area is 165 Å². The lowest BCUT2D eigenvalue weighted by Gasteiger charge is -2.20. The second kappa shape index (κ2) is 7.30. The van der Waals surface area contributed by atoms with Crippen molar-refractivity contribution in [3.63, 3.8) is 0 Å². The van der Waals surface area contributed by atoms with Crippen molar-refractivity contribution in [3.8, 4) is 0 Å². The summed E-state index contributed by atoms with van der Waals surface area (Å²) in [5, 5.41) is 8.41. The number of anilines is 1. The second-order valence-corrected chi connectivity index (χ2v) is 7.97. The lowest BCUT2D eigenvalue weighted by Crippen LogP contribution is -2.29. The fourth-order valence-electron chi connectivity index (χ4n) is 4.15. The van der Waals surface area contributed by atoms with Crippen LogP contribution >= 0.6 is 0 Å². The Kier molecular flexibility index (Phi) is 4.84. The number of nitrogens with zero attached hydrogens (tertiary/aromatic N) is 2. The maximum absolute atomic E-state index is 13.1. The van der Waals surface area contributed by atoms with E-state index in [1.165, 1.54) is 0 Å². The van der Waals surface area contributed by atoms with Crippen LogP contribution in [0.1, 0.15) is 56.1 Å². The first-order valence-electron chi connectivity index (χ1n) is 9.94. The van der Waals surface area contributed by atoms with Gasteiger partial charge in [0.15, 0.2) is 5.78 Å². The average Bonchev–Trinajstić information content (AvgIpc) is 3.43. The van der Waals surface area contributed by atoms with Crippen molar-refractivity contribution in [2.24, 2.45) is 0 Å². The van der Waals surface area contributed by atoms with Crippen molar-refractivity contribution < 1.29 is 9.59 Å². The molecule has 2 heterocycles. The zero-order chi connectivity index (χ0) is 19.7. The van der Waals surface area contributed by atoms with Crippen molar-refractivity contribution >= 4 is 23.1 Å². The molecule has 2 aliphatic rings. The Morgan fingerprint density at radius 3 is 2.43 bits per heavy atom. The van der Waals surface area contributed by atoms with Gasteiger partial charge in [0.25, 0.3) is 0 Å². The summed E-state index contributed by atoms with van der Waals surface area (Å²) in [5.74, 6) is 0.217. The lowest BCUT2D eigenvalue weighted by atomic mass is 9.85. The van der Waals surface area contributed by atoms with Crippen molar-refractivity contribution in [3.05, 3.63) is 59.9 Å². The summed E-state index contributed by atoms with van der Waals surface area (Å²) in [5.41, 5.74) is 2.62. The molecule has 2 aromatic rings. The number of benzene rings is 1. The highest BCUT2D eigenvalue weighted by Crippen LogP contribution is 2.50. The standard InChI is InChI=1S/C23H25N3O2/c1-16(17-8-12-25-13-9-17)15-20(24)22(28)23(10-11-23)18-4-6-19(7-5-18)26-14-2-3-21(26)27/h4-9,12-13,16,24H,2-3,10-11,14-15H2,1H3. The Morgan fingerprint density at radius 1 is 1.18 bits per heavy atom. The molecule has 5 nitrogen and oxygen atoms in total. The number of pyridine rings is 1. The van der Waals surface area contributed by atoms with E-state index < -0.39 is 5.41 Å². The van der Waals surface area contributed by atoms with Crippen LogP contribution < -0.4 is 4.90 Å². The predicted octanol–water partition coefficient (Wildman–Crippen LogP) is 4.02. The van der Waals surface area contributed by atoms with Gasteiger partial charge in [-0.2, -0.15) is 0 Å². The van der Waals surface area contributed by atoms with Crippen LogP contribution in [0.4, 0.5) is 5.69 Å². The molecule has 28 heavy (non-hydrogen) atoms. The minimum Gasteiger partial charge on any atom is -0.312 e. The normalized spacial score (nSPS) is 18.8. The molecule has 0 spiro atoms. The Balaban J connectivity index is 1.46. The fourth-order valence-corrected chi connectivity index (χ4v) is 4.15. The minimum absolute atomic E-state index is 0.0570. The van der Waals surface area contributed by atoms with Crippen LogP contribution in [0.5, 0.6) is 0 Å². The Morgan fingerprint density at radius 2 is 1.86 bits per heavy atom. The van der Waals surface area contributed by atoms with Crippen molar-refractivity contribution in [2.45, 2.75) is 50.4 Å². The summed E-state index contributed by atoms with van der Waals surface area (Å²) in [6.45, 7) is 2.80. The molecule has 1 saturated carbocycles. The van der Waals surface area contributed by atoms with E-state index in [1.807, 2.05) is 48.2 Å². The topological polar surface area (TPSA) is 74.1 Å². The van der Waals surface area contributed by atoms with E-state index in [-0.39, 0.29) is 23.3 Å². The Hall–Kier alpha value is -2.82. The first-order chi connectivity index (χ1) is 13.5. The molecule has 144 valence electrons. The maximum Gasteiger partial charge on any atom is 0.227 e. The molecular weight excluding hydrogens is 350 g/mol. The summed E-state index contributed by atoms with van der Waals surface area (Å²) in [7, 11) is 0. The summed E-state index contributed by atoms with van der Waals surface area (Å²) < 4.78 is 0. The molecule has 1 aliphatic heterocycles. The van der Waals surface area contributed by atoms with Gasteiger partial charge in [-0.3, -0.25) is 14.6 Å². The zero-order valence-corrected chi connectivity index (χ0v) is 16.1. The summed E-state index contributed by atoms with van der Waals surface area (Å²) in [6.07, 6.45) is 7.01. The molecular formula is C23H25N3O2. The molecule has 1 aromatic carbocycles. The first-order valence-corrected chi connectivity index (χ1v) is 9.94. The van der Waals surface area contributed by atoms with E-state index in [0.29, 0.717) is 12.8 Å². The van der Waals surface area contributed by atoms with Crippen LogP contribution in [0.15, 0.2) is 48.8 Å². The molecule has 4 rings (SSSR count). The van der Waals surface area contributed by atoms with Crippen molar-refractivity contribution in [1.29, 1.82) is 5.41 Å². The lowest BCUT2D eigenvalue weighted by molar-refractivity contribution is -0.117. The van der Waals surface area contributed by atoms with E-state index in [1.54, 1.807) is 12.4 Å². The van der Waals surface area contributed by atoms with Gasteiger partial charge in [0.2, 0.25) is 5.91 Å². The molecule has 1 saturated heterocycles. The molecule has 0 radical (unpaired) electrons. The van der Waals surface area contributed by atoms with Crippen LogP contribution in [0.2, 0.25) is 0 Å². The first kappa shape index (κ1) is 18.5. The predicted molar refractivity (Wildman–Crippen MR) is 109 cm³/mol. The third-order valence-electron chi connectivity index (χ3n) is 6.05. The molecule has 0 bridgehead atoms. The summed E-state index contributed by atoms with van der Waals surface area (Å²) in [6, 6.07) is 11.7. The van der Waals surface area contributed by atoms with Crippen molar-refractivity contribution in [1.82, 2.24) is 4.98 Å². The summed E-state index contributed by atoms with van der Waals surface area (Å²) >= 11 is 0. The largest absolute Gasteiger partial charge is 0.312 e. The zero-order valence-electron chi connectivity index (χ0n) is 16.1. The van der Waals surface area contributed by atoms with Crippen LogP contribution in [-0.2, 0) is 15.0 Å². The number of ketones is 1. The molecule has 1 amide bonds. The highest BCUT2D eigenvalue weighted by molar-refractivity contribution is 6.42. The highest BCUT2D eigenvalue weighted by atomic mass is 16.2. The number of amides is 1. The quantitative estimate of drug-likeness (QED) is 0.743. The van der Waals surface area contributed by atoms with Gasteiger partial charge >= 0.3 is 0 Å². The third-order valence-corrected chi connectivity index (χ3v) is 6.05. The SMILES string of the molecule is CC(CC(=N)C(=O)C1(c2ccc(N3CCCC3=O)cc2)CC1)c1ccncc1. The van der Waals surface area contributed by atoms with Gasteiger partial charge in [0.1, 0.15) is 0 Å². The van der Waals surface area contributed by atoms with Crippen LogP contribution in [0, 0.1) is 5.41 Å². The molecule has 1 aromatic heterocycles. The van der Waals surface area contributed by atoms with E-state index >= 15 is 0 Å². The molecule has 2 fully saturated rings. The minimum atomic E-state index is -0.539. The highest BCUT2D eigenvalue weighted by Gasteiger charge is 2.52. The number of carbonyl (C=O) groups excluding carboxylic acids is 2. The van der Waals surface area contributed by atoms with Gasteiger partial charge in [-0.25, -0.2) is 0 Å². The van der Waals surface area contributed by atoms with Crippen molar-refractivity contribution in [2.75, 3.05) is 11.4 Å². The number of nitrogens with one attached hydrogen (secondary N) is 1. The van der Waals surface area contributed by atoms with Gasteiger partial charge < -0.3 is 10.3 Å². The van der Waals surface area contributed by atoms with Gasteiger partial charge in [-0.15, -0.1) is 0 Å². The number of carbonyl (C=O) groups is 2. The van der Waals surface area contributed by atoms with Gasteiger partial charge in [0.05, 0.1) is 11.1 Å². The average molecular weight is 375 g/mol. The van der Waals surface area contributed by atoms with Gasteiger partial charge in [0, 0.05) is 31.0 Å². The molecule has 1 N–H and O–H groups in total. The number of hydrogen-bond acceptors (Lipinski definition) is 4. The van der Waals surface area contributed by atoms with Crippen LogP contribution in [0.25, 0.3) is 0 Å². The molecule has 1 unspecified atom stereocenters. The maximum atomic E-state index is 13.1. The second-order valence-electron chi connectivity index (χ2n) is 7.97. The monoisotopic (exact) mass is 375 g/mol.